The van der Waals surface area contributed by atoms with Crippen LogP contribution in [0, 0.1) is 0 Å². The van der Waals surface area contributed by atoms with Crippen molar-refractivity contribution in [3.8, 4) is 0 Å². The summed E-state index contributed by atoms with van der Waals surface area (Å²) in [5.41, 5.74) is 1.29. The normalized spacial score (nSPS) is 20.3. The van der Waals surface area contributed by atoms with E-state index in [-0.39, 0.29) is 0 Å². The Balaban J connectivity index is 2.19. The summed E-state index contributed by atoms with van der Waals surface area (Å²) in [4.78, 5) is 2.47. The second kappa shape index (κ2) is 6.00. The fourth-order valence-corrected chi connectivity index (χ4v) is 1.51. The minimum absolute atomic E-state index is 1.02. The number of nitrogens with one attached hydrogen (secondary N) is 2. The summed E-state index contributed by atoms with van der Waals surface area (Å²) in [6.07, 6.45) is 2.27. The first kappa shape index (κ1) is 10.5. The summed E-state index contributed by atoms with van der Waals surface area (Å²) in [6.45, 7) is 11.0. The molecule has 1 aliphatic heterocycles. The largest absolute Gasteiger partial charge is 0.389 e. The number of nitrogens with zero attached hydrogens (tertiary/aromatic N) is 1. The molecule has 0 atom stereocenters. The molecule has 1 rings (SSSR count). The van der Waals surface area contributed by atoms with Crippen molar-refractivity contribution >= 4 is 0 Å². The van der Waals surface area contributed by atoms with Gasteiger partial charge in [0.05, 0.1) is 0 Å². The van der Waals surface area contributed by atoms with Gasteiger partial charge in [0.2, 0.25) is 0 Å². The maximum Gasteiger partial charge on any atom is 0.0184 e. The van der Waals surface area contributed by atoms with E-state index in [9.17, 15) is 0 Å². The number of hydrogen-bond acceptors (Lipinski definition) is 3. The van der Waals surface area contributed by atoms with E-state index in [1.807, 2.05) is 0 Å². The van der Waals surface area contributed by atoms with Crippen molar-refractivity contribution in [3.63, 3.8) is 0 Å². The molecule has 0 aliphatic carbocycles. The molecule has 0 spiro atoms. The third-order valence-electron chi connectivity index (χ3n) is 2.32. The van der Waals surface area contributed by atoms with Crippen LogP contribution in [0.4, 0.5) is 0 Å². The number of allylic oxidation sites excluding steroid dienone is 1. The molecule has 0 bridgehead atoms. The van der Waals surface area contributed by atoms with Crippen molar-refractivity contribution in [1.29, 1.82) is 0 Å². The van der Waals surface area contributed by atoms with Gasteiger partial charge < -0.3 is 10.6 Å². The molecule has 3 nitrogen and oxygen atoms in total. The van der Waals surface area contributed by atoms with Crippen molar-refractivity contribution in [3.05, 3.63) is 11.8 Å². The highest BCUT2D eigenvalue weighted by Crippen LogP contribution is 1.94. The zero-order valence-electron chi connectivity index (χ0n) is 8.77. The lowest BCUT2D eigenvalue weighted by atomic mass is 10.3. The van der Waals surface area contributed by atoms with Crippen molar-refractivity contribution < 1.29 is 0 Å². The van der Waals surface area contributed by atoms with Crippen LogP contribution in [-0.4, -0.2) is 44.2 Å². The highest BCUT2D eigenvalue weighted by atomic mass is 15.2. The molecule has 0 saturated carbocycles. The minimum Gasteiger partial charge on any atom is -0.389 e. The molecule has 3 heteroatoms. The van der Waals surface area contributed by atoms with E-state index in [2.05, 4.69) is 35.5 Å². The Hall–Kier alpha value is -0.540. The molecule has 0 aromatic heterocycles. The molecule has 1 heterocycles. The van der Waals surface area contributed by atoms with Crippen LogP contribution in [0.15, 0.2) is 11.8 Å². The molecule has 2 N–H and O–H groups in total. The lowest BCUT2D eigenvalue weighted by molar-refractivity contribution is 0.264. The van der Waals surface area contributed by atoms with Gasteiger partial charge in [-0.2, -0.15) is 0 Å². The number of hydrogen-bond donors (Lipinski definition) is 2. The zero-order chi connectivity index (χ0) is 9.52. The van der Waals surface area contributed by atoms with Crippen LogP contribution in [-0.2, 0) is 0 Å². The van der Waals surface area contributed by atoms with Crippen LogP contribution >= 0.6 is 0 Å². The highest BCUT2D eigenvalue weighted by Gasteiger charge is 2.06. The molecule has 1 aliphatic rings. The Morgan fingerprint density at radius 3 is 2.77 bits per heavy atom. The smallest absolute Gasteiger partial charge is 0.0184 e. The predicted octanol–water partition coefficient (Wildman–Crippen LogP) is 0.405. The average Bonchev–Trinajstić information content (AvgIpc) is 2.17. The molecule has 0 amide bonds. The van der Waals surface area contributed by atoms with Gasteiger partial charge in [-0.3, -0.25) is 4.90 Å². The summed E-state index contributed by atoms with van der Waals surface area (Å²) >= 11 is 0. The average molecular weight is 183 g/mol. The first-order chi connectivity index (χ1) is 6.33. The molecule has 0 aromatic carbocycles. The van der Waals surface area contributed by atoms with E-state index in [0.29, 0.717) is 0 Å². The molecule has 0 unspecified atom stereocenters. The fourth-order valence-electron chi connectivity index (χ4n) is 1.51. The second-order valence-electron chi connectivity index (χ2n) is 3.47. The van der Waals surface area contributed by atoms with Gasteiger partial charge in [-0.1, -0.05) is 6.08 Å². The van der Waals surface area contributed by atoms with Gasteiger partial charge >= 0.3 is 0 Å². The van der Waals surface area contributed by atoms with Crippen molar-refractivity contribution in [2.45, 2.75) is 13.8 Å². The van der Waals surface area contributed by atoms with Gasteiger partial charge in [0.1, 0.15) is 0 Å². The molecular formula is C10H21N3. The summed E-state index contributed by atoms with van der Waals surface area (Å²) in [7, 11) is 0. The van der Waals surface area contributed by atoms with Crippen LogP contribution in [0.2, 0.25) is 0 Å². The van der Waals surface area contributed by atoms with E-state index in [0.717, 1.165) is 26.2 Å². The first-order valence-corrected chi connectivity index (χ1v) is 5.16. The molecule has 1 saturated heterocycles. The Bertz CT molecular complexity index is 160. The monoisotopic (exact) mass is 183 g/mol. The Morgan fingerprint density at radius 2 is 2.15 bits per heavy atom. The summed E-state index contributed by atoms with van der Waals surface area (Å²) in [5, 5.41) is 6.65. The van der Waals surface area contributed by atoms with E-state index in [1.54, 1.807) is 0 Å². The summed E-state index contributed by atoms with van der Waals surface area (Å²) in [5.74, 6) is 0. The van der Waals surface area contributed by atoms with Gasteiger partial charge in [-0.25, -0.2) is 0 Å². The van der Waals surface area contributed by atoms with Crippen LogP contribution < -0.4 is 10.6 Å². The SMILES string of the molecule is CCN/C(C)=C/CN1CCNCC1. The summed E-state index contributed by atoms with van der Waals surface area (Å²) < 4.78 is 0. The van der Waals surface area contributed by atoms with E-state index < -0.39 is 0 Å². The fraction of sp³-hybridized carbons (Fsp3) is 0.800. The van der Waals surface area contributed by atoms with Crippen LogP contribution in [0.1, 0.15) is 13.8 Å². The predicted molar refractivity (Wildman–Crippen MR) is 56.7 cm³/mol. The van der Waals surface area contributed by atoms with Crippen molar-refractivity contribution in [1.82, 2.24) is 15.5 Å². The van der Waals surface area contributed by atoms with Gasteiger partial charge in [0.15, 0.2) is 0 Å². The second-order valence-corrected chi connectivity index (χ2v) is 3.47. The van der Waals surface area contributed by atoms with Crippen LogP contribution in [0.3, 0.4) is 0 Å². The zero-order valence-corrected chi connectivity index (χ0v) is 8.77. The topological polar surface area (TPSA) is 27.3 Å². The molecule has 0 aromatic rings. The van der Waals surface area contributed by atoms with Crippen molar-refractivity contribution in [2.75, 3.05) is 39.3 Å². The summed E-state index contributed by atoms with van der Waals surface area (Å²) in [6, 6.07) is 0. The lowest BCUT2D eigenvalue weighted by Crippen LogP contribution is -2.43. The first-order valence-electron chi connectivity index (χ1n) is 5.16. The Morgan fingerprint density at radius 1 is 1.46 bits per heavy atom. The van der Waals surface area contributed by atoms with Gasteiger partial charge in [-0.15, -0.1) is 0 Å². The van der Waals surface area contributed by atoms with Gasteiger partial charge in [-0.05, 0) is 13.8 Å². The maximum atomic E-state index is 3.35. The third-order valence-corrected chi connectivity index (χ3v) is 2.32. The van der Waals surface area contributed by atoms with E-state index >= 15 is 0 Å². The molecule has 0 radical (unpaired) electrons. The molecule has 76 valence electrons. The third kappa shape index (κ3) is 4.29. The molecule has 13 heavy (non-hydrogen) atoms. The van der Waals surface area contributed by atoms with Gasteiger partial charge in [0.25, 0.3) is 0 Å². The molecule has 1 fully saturated rings. The number of piperazine rings is 1. The van der Waals surface area contributed by atoms with Crippen LogP contribution in [0.25, 0.3) is 0 Å². The Kier molecular flexibility index (Phi) is 4.86. The van der Waals surface area contributed by atoms with Gasteiger partial charge in [0, 0.05) is 45.0 Å². The minimum atomic E-state index is 1.02. The Labute approximate surface area is 81.2 Å². The van der Waals surface area contributed by atoms with Crippen LogP contribution in [0.5, 0.6) is 0 Å². The lowest BCUT2D eigenvalue weighted by Gasteiger charge is -2.26. The van der Waals surface area contributed by atoms with E-state index in [4.69, 9.17) is 0 Å². The van der Waals surface area contributed by atoms with Crippen molar-refractivity contribution in [2.24, 2.45) is 0 Å². The van der Waals surface area contributed by atoms with E-state index in [1.165, 1.54) is 18.8 Å². The molecular weight excluding hydrogens is 162 g/mol. The maximum absolute atomic E-state index is 3.35. The number of rotatable bonds is 4. The highest BCUT2D eigenvalue weighted by molar-refractivity contribution is 4.97. The quantitative estimate of drug-likeness (QED) is 0.661. The standard InChI is InChI=1S/C10H21N3/c1-3-12-10(2)4-7-13-8-5-11-6-9-13/h4,11-12H,3,5-9H2,1-2H3/b10-4+.